The van der Waals surface area contributed by atoms with Gasteiger partial charge in [-0.1, -0.05) is 17.7 Å². The summed E-state index contributed by atoms with van der Waals surface area (Å²) in [6, 6.07) is 4.14. The SMILES string of the molecule is CN(Cc1cn[nH]c1)C(=O)c1c(Cl)cccc1[N+](=O)[O-]. The molecule has 0 unspecified atom stereocenters. The molecule has 0 radical (unpaired) electrons. The molecule has 7 nitrogen and oxygen atoms in total. The summed E-state index contributed by atoms with van der Waals surface area (Å²) in [5, 5.41) is 17.4. The Morgan fingerprint density at radius 3 is 2.90 bits per heavy atom. The van der Waals surface area contributed by atoms with Gasteiger partial charge in [-0.25, -0.2) is 0 Å². The van der Waals surface area contributed by atoms with Crippen molar-refractivity contribution in [1.82, 2.24) is 15.1 Å². The average molecular weight is 295 g/mol. The van der Waals surface area contributed by atoms with Crippen LogP contribution in [0.25, 0.3) is 0 Å². The molecule has 2 aromatic rings. The number of aromatic nitrogens is 2. The number of carbonyl (C=O) groups excluding carboxylic acids is 1. The van der Waals surface area contributed by atoms with Gasteiger partial charge in [0.1, 0.15) is 5.56 Å². The summed E-state index contributed by atoms with van der Waals surface area (Å²) in [6.07, 6.45) is 3.22. The van der Waals surface area contributed by atoms with Crippen LogP contribution in [-0.4, -0.2) is 33.0 Å². The van der Waals surface area contributed by atoms with Gasteiger partial charge >= 0.3 is 0 Å². The molecule has 8 heteroatoms. The minimum atomic E-state index is -0.620. The third kappa shape index (κ3) is 2.77. The minimum Gasteiger partial charge on any atom is -0.337 e. The molecule has 1 aromatic carbocycles. The fourth-order valence-corrected chi connectivity index (χ4v) is 2.03. The molecule has 1 amide bonds. The molecule has 1 aromatic heterocycles. The van der Waals surface area contributed by atoms with Crippen LogP contribution in [0.5, 0.6) is 0 Å². The Hall–Kier alpha value is -2.41. The second-order valence-corrected chi connectivity index (χ2v) is 4.57. The molecule has 2 rings (SSSR count). The van der Waals surface area contributed by atoms with E-state index in [-0.39, 0.29) is 22.8 Å². The molecule has 0 aliphatic heterocycles. The number of benzene rings is 1. The molecule has 20 heavy (non-hydrogen) atoms. The highest BCUT2D eigenvalue weighted by molar-refractivity contribution is 6.34. The summed E-state index contributed by atoms with van der Waals surface area (Å²) in [6.45, 7) is 0.276. The number of halogens is 1. The summed E-state index contributed by atoms with van der Waals surface area (Å²) in [4.78, 5) is 24.0. The van der Waals surface area contributed by atoms with Crippen molar-refractivity contribution < 1.29 is 9.72 Å². The van der Waals surface area contributed by atoms with E-state index in [1.54, 1.807) is 19.4 Å². The van der Waals surface area contributed by atoms with Crippen molar-refractivity contribution in [1.29, 1.82) is 0 Å². The highest BCUT2D eigenvalue weighted by atomic mass is 35.5. The van der Waals surface area contributed by atoms with Gasteiger partial charge in [0.25, 0.3) is 11.6 Å². The maximum absolute atomic E-state index is 12.3. The maximum Gasteiger partial charge on any atom is 0.283 e. The molecule has 1 heterocycles. The third-order valence-electron chi connectivity index (χ3n) is 2.72. The summed E-state index contributed by atoms with van der Waals surface area (Å²) >= 11 is 5.92. The number of carbonyl (C=O) groups is 1. The molecule has 0 aliphatic rings. The normalized spacial score (nSPS) is 10.3. The van der Waals surface area contributed by atoms with Crippen LogP contribution < -0.4 is 0 Å². The number of nitro groups is 1. The first-order valence-electron chi connectivity index (χ1n) is 5.66. The monoisotopic (exact) mass is 294 g/mol. The van der Waals surface area contributed by atoms with Gasteiger partial charge in [-0.15, -0.1) is 0 Å². The van der Waals surface area contributed by atoms with E-state index in [4.69, 9.17) is 11.6 Å². The molecule has 0 bridgehead atoms. The van der Waals surface area contributed by atoms with Gasteiger partial charge in [0.2, 0.25) is 0 Å². The van der Waals surface area contributed by atoms with Crippen molar-refractivity contribution in [3.05, 3.63) is 56.9 Å². The van der Waals surface area contributed by atoms with Crippen LogP contribution in [0.1, 0.15) is 15.9 Å². The number of H-pyrrole nitrogens is 1. The second-order valence-electron chi connectivity index (χ2n) is 4.16. The molecule has 0 aliphatic carbocycles. The molecule has 0 fully saturated rings. The van der Waals surface area contributed by atoms with Gasteiger partial charge < -0.3 is 4.90 Å². The van der Waals surface area contributed by atoms with Crippen molar-refractivity contribution in [2.45, 2.75) is 6.54 Å². The summed E-state index contributed by atoms with van der Waals surface area (Å²) in [7, 11) is 1.54. The van der Waals surface area contributed by atoms with E-state index in [2.05, 4.69) is 10.2 Å². The topological polar surface area (TPSA) is 92.1 Å². The molecule has 104 valence electrons. The number of aromatic amines is 1. The summed E-state index contributed by atoms with van der Waals surface area (Å²) in [5.74, 6) is -0.511. The Labute approximate surface area is 119 Å². The third-order valence-corrected chi connectivity index (χ3v) is 3.04. The zero-order valence-corrected chi connectivity index (χ0v) is 11.3. The van der Waals surface area contributed by atoms with Crippen LogP contribution in [-0.2, 0) is 6.54 Å². The highest BCUT2D eigenvalue weighted by Gasteiger charge is 2.25. The quantitative estimate of drug-likeness (QED) is 0.691. The zero-order chi connectivity index (χ0) is 14.7. The molecule has 0 spiro atoms. The molecular weight excluding hydrogens is 284 g/mol. The number of nitrogens with zero attached hydrogens (tertiary/aromatic N) is 3. The van der Waals surface area contributed by atoms with E-state index in [1.807, 2.05) is 0 Å². The molecule has 1 N–H and O–H groups in total. The first-order chi connectivity index (χ1) is 9.50. The largest absolute Gasteiger partial charge is 0.337 e. The van der Waals surface area contributed by atoms with E-state index < -0.39 is 10.8 Å². The number of hydrogen-bond donors (Lipinski definition) is 1. The van der Waals surface area contributed by atoms with Gasteiger partial charge in [0.15, 0.2) is 0 Å². The second kappa shape index (κ2) is 5.70. The van der Waals surface area contributed by atoms with E-state index in [1.165, 1.54) is 23.1 Å². The highest BCUT2D eigenvalue weighted by Crippen LogP contribution is 2.27. The lowest BCUT2D eigenvalue weighted by Gasteiger charge is -2.16. The number of hydrogen-bond acceptors (Lipinski definition) is 4. The van der Waals surface area contributed by atoms with Crippen LogP contribution in [0.15, 0.2) is 30.6 Å². The van der Waals surface area contributed by atoms with Crippen molar-refractivity contribution >= 4 is 23.2 Å². The number of nitro benzene ring substituents is 1. The smallest absolute Gasteiger partial charge is 0.283 e. The lowest BCUT2D eigenvalue weighted by Crippen LogP contribution is -2.27. The average Bonchev–Trinajstić information content (AvgIpc) is 2.90. The van der Waals surface area contributed by atoms with Crippen molar-refractivity contribution in [3.63, 3.8) is 0 Å². The van der Waals surface area contributed by atoms with Crippen LogP contribution in [0.4, 0.5) is 5.69 Å². The fourth-order valence-electron chi connectivity index (χ4n) is 1.78. The maximum atomic E-state index is 12.3. The van der Waals surface area contributed by atoms with Crippen LogP contribution in [0.2, 0.25) is 5.02 Å². The van der Waals surface area contributed by atoms with Crippen molar-refractivity contribution in [2.75, 3.05) is 7.05 Å². The van der Waals surface area contributed by atoms with Crippen molar-refractivity contribution in [2.24, 2.45) is 0 Å². The Kier molecular flexibility index (Phi) is 3.99. The van der Waals surface area contributed by atoms with E-state index in [0.717, 1.165) is 5.56 Å². The Morgan fingerprint density at radius 1 is 1.55 bits per heavy atom. The first-order valence-corrected chi connectivity index (χ1v) is 6.04. The Bertz CT molecular complexity index is 642. The lowest BCUT2D eigenvalue weighted by atomic mass is 10.1. The van der Waals surface area contributed by atoms with Gasteiger partial charge in [-0.2, -0.15) is 5.10 Å². The van der Waals surface area contributed by atoms with Gasteiger partial charge in [-0.3, -0.25) is 20.0 Å². The first kappa shape index (κ1) is 14.0. The van der Waals surface area contributed by atoms with Gasteiger partial charge in [-0.05, 0) is 6.07 Å². The van der Waals surface area contributed by atoms with E-state index in [0.29, 0.717) is 0 Å². The van der Waals surface area contributed by atoms with Gasteiger partial charge in [0.05, 0.1) is 16.1 Å². The summed E-state index contributed by atoms with van der Waals surface area (Å²) < 4.78 is 0. The predicted octanol–water partition coefficient (Wildman–Crippen LogP) is 2.24. The molecular formula is C12H11ClN4O3. The van der Waals surface area contributed by atoms with Crippen molar-refractivity contribution in [3.8, 4) is 0 Å². The summed E-state index contributed by atoms with van der Waals surface area (Å²) in [5.41, 5.74) is 0.377. The molecule has 0 atom stereocenters. The van der Waals surface area contributed by atoms with E-state index >= 15 is 0 Å². The van der Waals surface area contributed by atoms with Gasteiger partial charge in [0, 0.05) is 31.4 Å². The minimum absolute atomic E-state index is 0.0586. The van der Waals surface area contributed by atoms with Crippen LogP contribution in [0, 0.1) is 10.1 Å². The number of rotatable bonds is 4. The predicted molar refractivity (Wildman–Crippen MR) is 72.5 cm³/mol. The standard InChI is InChI=1S/C12H11ClN4O3/c1-16(7-8-5-14-15-6-8)12(18)11-9(13)3-2-4-10(11)17(19)20/h2-6H,7H2,1H3,(H,14,15). The Balaban J connectivity index is 2.31. The fraction of sp³-hybridized carbons (Fsp3) is 0.167. The van der Waals surface area contributed by atoms with Crippen LogP contribution >= 0.6 is 11.6 Å². The van der Waals surface area contributed by atoms with Crippen LogP contribution in [0.3, 0.4) is 0 Å². The number of nitrogens with one attached hydrogen (secondary N) is 1. The van der Waals surface area contributed by atoms with E-state index in [9.17, 15) is 14.9 Å². The lowest BCUT2D eigenvalue weighted by molar-refractivity contribution is -0.385. The zero-order valence-electron chi connectivity index (χ0n) is 10.5. The molecule has 0 saturated carbocycles. The Morgan fingerprint density at radius 2 is 2.30 bits per heavy atom. The number of amides is 1. The molecule has 0 saturated heterocycles.